The third-order valence-electron chi connectivity index (χ3n) is 5.28. The molecule has 0 atom stereocenters. The lowest BCUT2D eigenvalue weighted by Crippen LogP contribution is -2.53. The lowest BCUT2D eigenvalue weighted by molar-refractivity contribution is -0.133. The number of benzene rings is 3. The van der Waals surface area contributed by atoms with Gasteiger partial charge in [0.2, 0.25) is 5.91 Å². The molecule has 0 unspecified atom stereocenters. The summed E-state index contributed by atoms with van der Waals surface area (Å²) in [6.45, 7) is 2.02. The Hall–Kier alpha value is -3.46. The van der Waals surface area contributed by atoms with Crippen molar-refractivity contribution in [2.24, 2.45) is 0 Å². The number of piperidine rings is 1. The molecule has 0 radical (unpaired) electrons. The van der Waals surface area contributed by atoms with E-state index < -0.39 is 5.41 Å². The zero-order valence-corrected chi connectivity index (χ0v) is 15.7. The van der Waals surface area contributed by atoms with Crippen LogP contribution in [0.2, 0.25) is 0 Å². The van der Waals surface area contributed by atoms with Crippen molar-refractivity contribution in [1.82, 2.24) is 5.32 Å². The lowest BCUT2D eigenvalue weighted by Gasteiger charge is -2.37. The van der Waals surface area contributed by atoms with Crippen LogP contribution in [0.25, 0.3) is 6.08 Å². The molecule has 0 aliphatic carbocycles. The van der Waals surface area contributed by atoms with Crippen LogP contribution in [0.5, 0.6) is 0 Å². The van der Waals surface area contributed by atoms with Crippen LogP contribution in [0, 0.1) is 6.92 Å². The molecule has 0 aromatic heterocycles. The van der Waals surface area contributed by atoms with Crippen LogP contribution in [-0.2, 0) is 15.0 Å². The van der Waals surface area contributed by atoms with Crippen molar-refractivity contribution in [3.05, 3.63) is 113 Å². The number of carbonyl (C=O) groups excluding carboxylic acids is 2. The average Bonchev–Trinajstić information content (AvgIpc) is 2.71. The summed E-state index contributed by atoms with van der Waals surface area (Å²) in [5, 5.41) is 2.61. The molecule has 138 valence electrons. The Bertz CT molecular complexity index is 1010. The smallest absolute Gasteiger partial charge is 0.253 e. The maximum atomic E-state index is 13.2. The number of hydrogen-bond acceptors (Lipinski definition) is 2. The molecule has 1 aliphatic heterocycles. The Morgan fingerprint density at radius 2 is 1.43 bits per heavy atom. The van der Waals surface area contributed by atoms with Gasteiger partial charge in [-0.25, -0.2) is 0 Å². The summed E-state index contributed by atoms with van der Waals surface area (Å²) in [7, 11) is 0. The number of aryl methyl sites for hydroxylation is 1. The molecule has 0 spiro atoms. The van der Waals surface area contributed by atoms with Gasteiger partial charge in [0.1, 0.15) is 5.41 Å². The van der Waals surface area contributed by atoms with Crippen molar-refractivity contribution in [2.45, 2.75) is 18.8 Å². The number of rotatable bonds is 3. The van der Waals surface area contributed by atoms with E-state index in [1.54, 1.807) is 0 Å². The first-order valence-corrected chi connectivity index (χ1v) is 9.34. The topological polar surface area (TPSA) is 46.2 Å². The molecular weight excluding hydrogens is 346 g/mol. The molecule has 28 heavy (non-hydrogen) atoms. The van der Waals surface area contributed by atoms with Crippen LogP contribution >= 0.6 is 0 Å². The molecule has 0 bridgehead atoms. The van der Waals surface area contributed by atoms with Gasteiger partial charge in [0.05, 0.1) is 0 Å². The minimum absolute atomic E-state index is 0.281. The van der Waals surface area contributed by atoms with Gasteiger partial charge >= 0.3 is 0 Å². The monoisotopic (exact) mass is 367 g/mol. The van der Waals surface area contributed by atoms with Gasteiger partial charge in [-0.05, 0) is 29.7 Å². The normalized spacial score (nSPS) is 17.4. The van der Waals surface area contributed by atoms with Gasteiger partial charge in [-0.1, -0.05) is 90.5 Å². The zero-order chi connectivity index (χ0) is 19.6. The number of nitrogens with one attached hydrogen (secondary N) is 1. The van der Waals surface area contributed by atoms with Gasteiger partial charge in [0.15, 0.2) is 0 Å². The van der Waals surface area contributed by atoms with E-state index in [1.165, 1.54) is 0 Å². The second-order valence-electron chi connectivity index (χ2n) is 7.18. The third-order valence-corrected chi connectivity index (χ3v) is 5.28. The van der Waals surface area contributed by atoms with Crippen LogP contribution in [0.4, 0.5) is 0 Å². The fourth-order valence-electron chi connectivity index (χ4n) is 3.89. The van der Waals surface area contributed by atoms with E-state index in [4.69, 9.17) is 0 Å². The molecule has 4 rings (SSSR count). The minimum Gasteiger partial charge on any atom is -0.292 e. The summed E-state index contributed by atoms with van der Waals surface area (Å²) in [4.78, 5) is 25.9. The summed E-state index contributed by atoms with van der Waals surface area (Å²) in [5.41, 5.74) is 3.49. The van der Waals surface area contributed by atoms with Crippen LogP contribution in [0.3, 0.4) is 0 Å². The van der Waals surface area contributed by atoms with Gasteiger partial charge in [-0.3, -0.25) is 14.9 Å². The van der Waals surface area contributed by atoms with Crippen molar-refractivity contribution in [1.29, 1.82) is 0 Å². The van der Waals surface area contributed by atoms with E-state index in [0.717, 1.165) is 22.3 Å². The molecule has 1 N–H and O–H groups in total. The van der Waals surface area contributed by atoms with Crippen LogP contribution in [0.15, 0.2) is 90.5 Å². The zero-order valence-electron chi connectivity index (χ0n) is 15.7. The predicted octanol–water partition coefficient (Wildman–Crippen LogP) is 4.41. The molecule has 1 fully saturated rings. The van der Waals surface area contributed by atoms with Gasteiger partial charge in [-0.2, -0.15) is 0 Å². The Labute approximate surface area is 164 Å². The first-order chi connectivity index (χ1) is 13.6. The Morgan fingerprint density at radius 3 is 2.00 bits per heavy atom. The van der Waals surface area contributed by atoms with E-state index in [1.807, 2.05) is 97.9 Å². The van der Waals surface area contributed by atoms with E-state index >= 15 is 0 Å². The SMILES string of the molecule is Cc1cccc(/C=C2\CC(c3ccccc3)(c3ccccc3)C(=O)NC2=O)c1. The van der Waals surface area contributed by atoms with Crippen molar-refractivity contribution in [3.63, 3.8) is 0 Å². The molecule has 1 aliphatic rings. The first kappa shape index (κ1) is 17.9. The highest BCUT2D eigenvalue weighted by molar-refractivity contribution is 6.14. The summed E-state index contributed by atoms with van der Waals surface area (Å²) in [6, 6.07) is 27.3. The van der Waals surface area contributed by atoms with Crippen LogP contribution in [-0.4, -0.2) is 11.8 Å². The van der Waals surface area contributed by atoms with Gasteiger partial charge in [0, 0.05) is 12.0 Å². The van der Waals surface area contributed by atoms with Crippen molar-refractivity contribution < 1.29 is 9.59 Å². The first-order valence-electron chi connectivity index (χ1n) is 9.34. The largest absolute Gasteiger partial charge is 0.292 e. The maximum absolute atomic E-state index is 13.2. The molecule has 2 amide bonds. The third kappa shape index (κ3) is 3.16. The standard InChI is InChI=1S/C25H21NO2/c1-18-9-8-10-19(15-18)16-20-17-25(24(28)26-23(20)27,21-11-4-2-5-12-21)22-13-6-3-7-14-22/h2-16H,17H2,1H3,(H,26,27,28)/b20-16+. The number of hydrogen-bond donors (Lipinski definition) is 1. The molecular formula is C25H21NO2. The van der Waals surface area contributed by atoms with Gasteiger partial charge < -0.3 is 0 Å². The second kappa shape index (κ2) is 7.28. The summed E-state index contributed by atoms with van der Waals surface area (Å²) < 4.78 is 0. The highest BCUT2D eigenvalue weighted by Crippen LogP contribution is 2.41. The highest BCUT2D eigenvalue weighted by Gasteiger charge is 2.47. The molecule has 3 aromatic rings. The molecule has 3 aromatic carbocycles. The highest BCUT2D eigenvalue weighted by atomic mass is 16.2. The number of amides is 2. The molecule has 1 saturated heterocycles. The van der Waals surface area contributed by atoms with Crippen molar-refractivity contribution in [3.8, 4) is 0 Å². The van der Waals surface area contributed by atoms with Gasteiger partial charge in [-0.15, -0.1) is 0 Å². The fraction of sp³-hybridized carbons (Fsp3) is 0.120. The van der Waals surface area contributed by atoms with Gasteiger partial charge in [0.25, 0.3) is 5.91 Å². The quantitative estimate of drug-likeness (QED) is 0.550. The van der Waals surface area contributed by atoms with Crippen molar-refractivity contribution in [2.75, 3.05) is 0 Å². The number of carbonyl (C=O) groups is 2. The molecule has 0 saturated carbocycles. The van der Waals surface area contributed by atoms with E-state index in [0.29, 0.717) is 12.0 Å². The maximum Gasteiger partial charge on any atom is 0.253 e. The van der Waals surface area contributed by atoms with E-state index in [2.05, 4.69) is 5.32 Å². The molecule has 3 heteroatoms. The Kier molecular flexibility index (Phi) is 4.66. The van der Waals surface area contributed by atoms with E-state index in [9.17, 15) is 9.59 Å². The molecule has 3 nitrogen and oxygen atoms in total. The van der Waals surface area contributed by atoms with Crippen LogP contribution < -0.4 is 5.32 Å². The Morgan fingerprint density at radius 1 is 0.821 bits per heavy atom. The average molecular weight is 367 g/mol. The van der Waals surface area contributed by atoms with Crippen LogP contribution in [0.1, 0.15) is 28.7 Å². The minimum atomic E-state index is -0.938. The van der Waals surface area contributed by atoms with E-state index in [-0.39, 0.29) is 11.8 Å². The fourth-order valence-corrected chi connectivity index (χ4v) is 3.89. The summed E-state index contributed by atoms with van der Waals surface area (Å²) in [5.74, 6) is -0.606. The molecule has 1 heterocycles. The summed E-state index contributed by atoms with van der Waals surface area (Å²) in [6.07, 6.45) is 2.20. The lowest BCUT2D eigenvalue weighted by atomic mass is 9.67. The summed E-state index contributed by atoms with van der Waals surface area (Å²) >= 11 is 0. The second-order valence-corrected chi connectivity index (χ2v) is 7.18. The number of imide groups is 1. The Balaban J connectivity index is 1.88. The predicted molar refractivity (Wildman–Crippen MR) is 111 cm³/mol. The van der Waals surface area contributed by atoms with Crippen molar-refractivity contribution >= 4 is 17.9 Å².